The number of carbonyl (C=O) groups excluding carboxylic acids is 2. The van der Waals surface area contributed by atoms with Crippen molar-refractivity contribution in [2.24, 2.45) is 0 Å². The van der Waals surface area contributed by atoms with Gasteiger partial charge in [0.05, 0.1) is 6.42 Å². The van der Waals surface area contributed by atoms with Crippen molar-refractivity contribution >= 4 is 17.5 Å². The van der Waals surface area contributed by atoms with Crippen LogP contribution < -0.4 is 10.2 Å². The number of para-hydroxylation sites is 1. The maximum absolute atomic E-state index is 12.3. The van der Waals surface area contributed by atoms with Gasteiger partial charge in [-0.3, -0.25) is 9.59 Å². The minimum absolute atomic E-state index is 0.0279. The number of benzene rings is 2. The lowest BCUT2D eigenvalue weighted by atomic mass is 9.85. The smallest absolute Gasteiger partial charge is 0.224 e. The largest absolute Gasteiger partial charge is 0.354 e. The zero-order valence-corrected chi connectivity index (χ0v) is 17.0. The highest BCUT2D eigenvalue weighted by Crippen LogP contribution is 2.31. The van der Waals surface area contributed by atoms with E-state index in [-0.39, 0.29) is 17.2 Å². The fraction of sp³-hybridized carbons (Fsp3) is 0.391. The number of rotatable bonds is 6. The third kappa shape index (κ3) is 5.68. The number of hydrogen-bond acceptors (Lipinski definition) is 2. The van der Waals surface area contributed by atoms with Gasteiger partial charge in [0.1, 0.15) is 0 Å². The quantitative estimate of drug-likeness (QED) is 0.840. The molecule has 0 fully saturated rings. The average molecular weight is 367 g/mol. The summed E-state index contributed by atoms with van der Waals surface area (Å²) >= 11 is 0. The van der Waals surface area contributed by atoms with E-state index in [1.165, 1.54) is 0 Å². The van der Waals surface area contributed by atoms with Crippen LogP contribution in [0.3, 0.4) is 0 Å². The molecule has 4 nitrogen and oxygen atoms in total. The molecule has 2 aromatic carbocycles. The van der Waals surface area contributed by atoms with Gasteiger partial charge in [-0.05, 0) is 35.1 Å². The van der Waals surface area contributed by atoms with Gasteiger partial charge in [0.25, 0.3) is 0 Å². The third-order valence-corrected chi connectivity index (χ3v) is 4.65. The maximum atomic E-state index is 12.3. The number of anilines is 1. The number of carbonyl (C=O) groups is 2. The van der Waals surface area contributed by atoms with Gasteiger partial charge in [-0.1, -0.05) is 63.2 Å². The first-order valence-corrected chi connectivity index (χ1v) is 9.39. The molecule has 0 saturated heterocycles. The van der Waals surface area contributed by atoms with E-state index < -0.39 is 0 Å². The lowest BCUT2D eigenvalue weighted by Gasteiger charge is -2.29. The highest BCUT2D eigenvalue weighted by atomic mass is 16.2. The Bertz CT molecular complexity index is 806. The first kappa shape index (κ1) is 20.7. The van der Waals surface area contributed by atoms with E-state index in [1.54, 1.807) is 11.8 Å². The highest BCUT2D eigenvalue weighted by Gasteiger charge is 2.22. The van der Waals surface area contributed by atoms with E-state index >= 15 is 0 Å². The molecule has 2 amide bonds. The molecule has 2 aromatic rings. The van der Waals surface area contributed by atoms with Crippen molar-refractivity contribution in [3.8, 4) is 0 Å². The number of nitrogens with zero attached hydrogens (tertiary/aromatic N) is 1. The molecule has 0 heterocycles. The van der Waals surface area contributed by atoms with Crippen LogP contribution in [0.2, 0.25) is 0 Å². The lowest BCUT2D eigenvalue weighted by Crippen LogP contribution is -2.39. The molecule has 1 N–H and O–H groups in total. The van der Waals surface area contributed by atoms with E-state index in [2.05, 4.69) is 32.2 Å². The fourth-order valence-electron chi connectivity index (χ4n) is 3.14. The number of hydrogen-bond donors (Lipinski definition) is 1. The molecule has 0 aliphatic heterocycles. The standard InChI is InChI=1S/C23H30N2O2/c1-17-10-6-7-11-19(17)16-22(27)24-14-15-25(18(2)26)21-13-9-8-12-20(21)23(3,4)5/h6-13H,14-16H2,1-5H3,(H,24,27). The van der Waals surface area contributed by atoms with Crippen molar-refractivity contribution in [1.29, 1.82) is 0 Å². The summed E-state index contributed by atoms with van der Waals surface area (Å²) in [6, 6.07) is 15.8. The van der Waals surface area contributed by atoms with Crippen molar-refractivity contribution in [1.82, 2.24) is 5.32 Å². The van der Waals surface area contributed by atoms with Crippen LogP contribution in [0.4, 0.5) is 5.69 Å². The van der Waals surface area contributed by atoms with Crippen molar-refractivity contribution in [3.63, 3.8) is 0 Å². The van der Waals surface area contributed by atoms with Crippen LogP contribution in [0.5, 0.6) is 0 Å². The van der Waals surface area contributed by atoms with Crippen LogP contribution in [0, 0.1) is 6.92 Å². The van der Waals surface area contributed by atoms with Gasteiger partial charge in [-0.15, -0.1) is 0 Å². The first-order chi connectivity index (χ1) is 12.7. The molecule has 0 radical (unpaired) electrons. The molecule has 144 valence electrons. The molecule has 4 heteroatoms. The van der Waals surface area contributed by atoms with Gasteiger partial charge in [-0.25, -0.2) is 0 Å². The van der Waals surface area contributed by atoms with Gasteiger partial charge in [0.2, 0.25) is 11.8 Å². The van der Waals surface area contributed by atoms with Crippen LogP contribution in [0.25, 0.3) is 0 Å². The van der Waals surface area contributed by atoms with E-state index in [1.807, 2.05) is 49.4 Å². The molecular formula is C23H30N2O2. The Balaban J connectivity index is 2.03. The molecule has 0 unspecified atom stereocenters. The predicted octanol–water partition coefficient (Wildman–Crippen LogP) is 4.00. The Morgan fingerprint density at radius 3 is 2.26 bits per heavy atom. The van der Waals surface area contributed by atoms with Crippen LogP contribution in [-0.2, 0) is 21.4 Å². The Kier molecular flexibility index (Phi) is 6.78. The molecule has 0 aliphatic rings. The first-order valence-electron chi connectivity index (χ1n) is 9.39. The zero-order valence-electron chi connectivity index (χ0n) is 17.0. The maximum Gasteiger partial charge on any atom is 0.224 e. The Labute approximate surface area is 162 Å². The monoisotopic (exact) mass is 366 g/mol. The Morgan fingerprint density at radius 1 is 1.00 bits per heavy atom. The number of amides is 2. The lowest BCUT2D eigenvalue weighted by molar-refractivity contribution is -0.121. The molecule has 27 heavy (non-hydrogen) atoms. The van der Waals surface area contributed by atoms with Crippen molar-refractivity contribution in [2.75, 3.05) is 18.0 Å². The van der Waals surface area contributed by atoms with E-state index in [0.29, 0.717) is 19.5 Å². The SMILES string of the molecule is CC(=O)N(CCNC(=O)Cc1ccccc1C)c1ccccc1C(C)(C)C. The Hall–Kier alpha value is -2.62. The average Bonchev–Trinajstić information content (AvgIpc) is 2.60. The number of aryl methyl sites for hydroxylation is 1. The van der Waals surface area contributed by atoms with Crippen LogP contribution in [-0.4, -0.2) is 24.9 Å². The van der Waals surface area contributed by atoms with Crippen LogP contribution in [0.15, 0.2) is 48.5 Å². The number of nitrogens with one attached hydrogen (secondary N) is 1. The van der Waals surface area contributed by atoms with Gasteiger partial charge in [0, 0.05) is 25.7 Å². The summed E-state index contributed by atoms with van der Waals surface area (Å²) in [5.74, 6) is -0.0586. The predicted molar refractivity (Wildman–Crippen MR) is 111 cm³/mol. The van der Waals surface area contributed by atoms with E-state index in [0.717, 1.165) is 22.4 Å². The van der Waals surface area contributed by atoms with E-state index in [4.69, 9.17) is 0 Å². The van der Waals surface area contributed by atoms with Crippen molar-refractivity contribution in [3.05, 3.63) is 65.2 Å². The summed E-state index contributed by atoms with van der Waals surface area (Å²) < 4.78 is 0. The molecule has 0 aromatic heterocycles. The fourth-order valence-corrected chi connectivity index (χ4v) is 3.14. The second-order valence-electron chi connectivity index (χ2n) is 7.89. The summed E-state index contributed by atoms with van der Waals surface area (Å²) in [4.78, 5) is 26.3. The third-order valence-electron chi connectivity index (χ3n) is 4.65. The normalized spacial score (nSPS) is 11.1. The molecule has 2 rings (SSSR count). The summed E-state index contributed by atoms with van der Waals surface area (Å²) in [6.45, 7) is 10.8. The highest BCUT2D eigenvalue weighted by molar-refractivity contribution is 5.92. The molecule has 0 aliphatic carbocycles. The summed E-state index contributed by atoms with van der Waals surface area (Å²) in [5.41, 5.74) is 4.09. The van der Waals surface area contributed by atoms with Gasteiger partial charge >= 0.3 is 0 Å². The molecule has 0 saturated carbocycles. The van der Waals surface area contributed by atoms with Crippen molar-refractivity contribution in [2.45, 2.75) is 46.5 Å². The zero-order chi connectivity index (χ0) is 20.0. The van der Waals surface area contributed by atoms with Gasteiger partial charge < -0.3 is 10.2 Å². The summed E-state index contributed by atoms with van der Waals surface area (Å²) in [7, 11) is 0. The van der Waals surface area contributed by atoms with Gasteiger partial charge in [0.15, 0.2) is 0 Å². The summed E-state index contributed by atoms with van der Waals surface area (Å²) in [5, 5.41) is 2.94. The van der Waals surface area contributed by atoms with Crippen LogP contribution >= 0.6 is 0 Å². The van der Waals surface area contributed by atoms with Crippen LogP contribution in [0.1, 0.15) is 44.4 Å². The molecule has 0 atom stereocenters. The minimum atomic E-state index is -0.0711. The van der Waals surface area contributed by atoms with E-state index in [9.17, 15) is 9.59 Å². The second-order valence-corrected chi connectivity index (χ2v) is 7.89. The topological polar surface area (TPSA) is 49.4 Å². The van der Waals surface area contributed by atoms with Gasteiger partial charge in [-0.2, -0.15) is 0 Å². The molecule has 0 spiro atoms. The molecule has 0 bridgehead atoms. The summed E-state index contributed by atoms with van der Waals surface area (Å²) in [6.07, 6.45) is 0.353. The Morgan fingerprint density at radius 2 is 1.63 bits per heavy atom. The second kappa shape index (κ2) is 8.85. The van der Waals surface area contributed by atoms with Crippen molar-refractivity contribution < 1.29 is 9.59 Å². The molecular weight excluding hydrogens is 336 g/mol. The minimum Gasteiger partial charge on any atom is -0.354 e.